The Morgan fingerprint density at radius 1 is 1.25 bits per heavy atom. The summed E-state index contributed by atoms with van der Waals surface area (Å²) in [6.07, 6.45) is 1.74. The molecule has 0 spiro atoms. The summed E-state index contributed by atoms with van der Waals surface area (Å²) in [7, 11) is 0. The quantitative estimate of drug-likeness (QED) is 0.666. The molecule has 0 aliphatic carbocycles. The van der Waals surface area contributed by atoms with E-state index in [1.54, 1.807) is 35.7 Å². The first-order chi connectivity index (χ1) is 11.6. The number of amides is 1. The molecule has 122 valence electrons. The van der Waals surface area contributed by atoms with Gasteiger partial charge in [0.05, 0.1) is 0 Å². The monoisotopic (exact) mass is 406 g/mol. The van der Waals surface area contributed by atoms with Gasteiger partial charge in [0, 0.05) is 27.3 Å². The smallest absolute Gasteiger partial charge is 0.262 e. The van der Waals surface area contributed by atoms with Gasteiger partial charge in [0.1, 0.15) is 5.01 Å². The molecule has 3 aromatic rings. The second kappa shape index (κ2) is 7.55. The maximum atomic E-state index is 13.6. The van der Waals surface area contributed by atoms with E-state index in [-0.39, 0.29) is 18.3 Å². The van der Waals surface area contributed by atoms with Crippen LogP contribution < -0.4 is 10.1 Å². The molecule has 7 heteroatoms. The van der Waals surface area contributed by atoms with Crippen molar-refractivity contribution in [2.75, 3.05) is 11.9 Å². The van der Waals surface area contributed by atoms with Gasteiger partial charge in [-0.2, -0.15) is 0 Å². The molecule has 0 saturated heterocycles. The number of hydrogen-bond donors (Lipinski definition) is 1. The summed E-state index contributed by atoms with van der Waals surface area (Å²) in [5.41, 5.74) is 1.62. The summed E-state index contributed by atoms with van der Waals surface area (Å²) in [6.45, 7) is -0.271. The van der Waals surface area contributed by atoms with E-state index in [0.717, 1.165) is 10.6 Å². The van der Waals surface area contributed by atoms with Crippen LogP contribution in [0.3, 0.4) is 0 Å². The Morgan fingerprint density at radius 2 is 2.04 bits per heavy atom. The Hall–Kier alpha value is -2.25. The lowest BCUT2D eigenvalue weighted by Gasteiger charge is -2.09. The minimum atomic E-state index is -0.523. The molecule has 0 saturated carbocycles. The zero-order valence-corrected chi connectivity index (χ0v) is 14.7. The fraction of sp³-hybridized carbons (Fsp3) is 0.0588. The number of rotatable bonds is 5. The summed E-state index contributed by atoms with van der Waals surface area (Å²) in [6, 6.07) is 11.7. The number of nitrogens with zero attached hydrogens (tertiary/aromatic N) is 1. The van der Waals surface area contributed by atoms with E-state index in [1.165, 1.54) is 12.1 Å². The molecular formula is C17H12BrFN2O2S. The number of nitrogens with one attached hydrogen (secondary N) is 1. The highest BCUT2D eigenvalue weighted by atomic mass is 79.9. The minimum Gasteiger partial charge on any atom is -0.481 e. The molecule has 1 N–H and O–H groups in total. The third-order valence-corrected chi connectivity index (χ3v) is 4.42. The summed E-state index contributed by atoms with van der Waals surface area (Å²) in [5, 5.41) is 5.53. The van der Waals surface area contributed by atoms with E-state index < -0.39 is 5.82 Å². The third-order valence-electron chi connectivity index (χ3n) is 3.10. The summed E-state index contributed by atoms with van der Waals surface area (Å²) >= 11 is 4.71. The molecular weight excluding hydrogens is 395 g/mol. The number of anilines is 1. The van der Waals surface area contributed by atoms with Gasteiger partial charge in [0.15, 0.2) is 18.2 Å². The normalized spacial score (nSPS) is 10.4. The van der Waals surface area contributed by atoms with E-state index in [4.69, 9.17) is 4.74 Å². The van der Waals surface area contributed by atoms with Gasteiger partial charge in [0.25, 0.3) is 5.91 Å². The topological polar surface area (TPSA) is 51.2 Å². The first kappa shape index (κ1) is 16.6. The number of ether oxygens (including phenoxy) is 1. The number of carbonyl (C=O) groups is 1. The third kappa shape index (κ3) is 4.18. The van der Waals surface area contributed by atoms with Crippen molar-refractivity contribution < 1.29 is 13.9 Å². The molecule has 1 heterocycles. The predicted octanol–water partition coefficient (Wildman–Crippen LogP) is 4.73. The van der Waals surface area contributed by atoms with Crippen molar-refractivity contribution in [2.45, 2.75) is 0 Å². The average molecular weight is 407 g/mol. The van der Waals surface area contributed by atoms with Crippen LogP contribution in [-0.2, 0) is 4.79 Å². The first-order valence-electron chi connectivity index (χ1n) is 6.99. The van der Waals surface area contributed by atoms with E-state index in [2.05, 4.69) is 26.2 Å². The molecule has 0 bridgehead atoms. The maximum absolute atomic E-state index is 13.6. The second-order valence-electron chi connectivity index (χ2n) is 4.83. The number of hydrogen-bond acceptors (Lipinski definition) is 4. The largest absolute Gasteiger partial charge is 0.481 e. The van der Waals surface area contributed by atoms with Crippen LogP contribution in [0, 0.1) is 5.82 Å². The molecule has 0 fully saturated rings. The van der Waals surface area contributed by atoms with Crippen molar-refractivity contribution in [2.24, 2.45) is 0 Å². The van der Waals surface area contributed by atoms with Crippen molar-refractivity contribution in [1.82, 2.24) is 4.98 Å². The van der Waals surface area contributed by atoms with Crippen LogP contribution in [-0.4, -0.2) is 17.5 Å². The van der Waals surface area contributed by atoms with Gasteiger partial charge in [-0.3, -0.25) is 4.79 Å². The molecule has 3 rings (SSSR count). The predicted molar refractivity (Wildman–Crippen MR) is 95.8 cm³/mol. The summed E-state index contributed by atoms with van der Waals surface area (Å²) in [5.74, 6) is -0.850. The molecule has 4 nitrogen and oxygen atoms in total. The van der Waals surface area contributed by atoms with E-state index in [1.807, 2.05) is 17.5 Å². The SMILES string of the molecule is O=C(COc1ccc(Br)cc1F)Nc1ccc(-c2nccs2)cc1. The Labute approximate surface area is 150 Å². The minimum absolute atomic E-state index is 0.0347. The van der Waals surface area contributed by atoms with Crippen molar-refractivity contribution in [3.8, 4) is 16.3 Å². The Balaban J connectivity index is 1.56. The molecule has 0 unspecified atom stereocenters. The average Bonchev–Trinajstić information content (AvgIpc) is 3.09. The summed E-state index contributed by atoms with van der Waals surface area (Å²) in [4.78, 5) is 16.1. The summed E-state index contributed by atoms with van der Waals surface area (Å²) < 4.78 is 19.4. The molecule has 2 aromatic carbocycles. The van der Waals surface area contributed by atoms with Crippen LogP contribution in [0.1, 0.15) is 0 Å². The Kier molecular flexibility index (Phi) is 5.22. The van der Waals surface area contributed by atoms with Gasteiger partial charge in [-0.05, 0) is 42.5 Å². The highest BCUT2D eigenvalue weighted by Gasteiger charge is 2.08. The maximum Gasteiger partial charge on any atom is 0.262 e. The molecule has 24 heavy (non-hydrogen) atoms. The van der Waals surface area contributed by atoms with Gasteiger partial charge in [-0.15, -0.1) is 11.3 Å². The standard InChI is InChI=1S/C17H12BrFN2O2S/c18-12-3-6-15(14(19)9-12)23-10-16(22)21-13-4-1-11(2-5-13)17-20-7-8-24-17/h1-9H,10H2,(H,21,22). The molecule has 1 amide bonds. The van der Waals surface area contributed by atoms with Gasteiger partial charge in [0.2, 0.25) is 0 Å². The zero-order valence-electron chi connectivity index (χ0n) is 12.3. The molecule has 0 aliphatic rings. The number of benzene rings is 2. The van der Waals surface area contributed by atoms with Crippen LogP contribution in [0.4, 0.5) is 10.1 Å². The van der Waals surface area contributed by atoms with E-state index in [9.17, 15) is 9.18 Å². The second-order valence-corrected chi connectivity index (χ2v) is 6.64. The number of aromatic nitrogens is 1. The number of thiazole rings is 1. The fourth-order valence-electron chi connectivity index (χ4n) is 1.99. The van der Waals surface area contributed by atoms with Crippen LogP contribution in [0.5, 0.6) is 5.75 Å². The van der Waals surface area contributed by atoms with E-state index in [0.29, 0.717) is 10.2 Å². The molecule has 0 radical (unpaired) electrons. The van der Waals surface area contributed by atoms with Crippen LogP contribution in [0.2, 0.25) is 0 Å². The van der Waals surface area contributed by atoms with Crippen molar-refractivity contribution >= 4 is 38.9 Å². The van der Waals surface area contributed by atoms with Crippen LogP contribution in [0.15, 0.2) is 58.5 Å². The van der Waals surface area contributed by atoms with Crippen molar-refractivity contribution in [3.05, 3.63) is 64.3 Å². The van der Waals surface area contributed by atoms with Gasteiger partial charge in [-0.25, -0.2) is 9.37 Å². The van der Waals surface area contributed by atoms with Crippen LogP contribution >= 0.6 is 27.3 Å². The van der Waals surface area contributed by atoms with Gasteiger partial charge >= 0.3 is 0 Å². The Bertz CT molecular complexity index is 838. The first-order valence-corrected chi connectivity index (χ1v) is 8.67. The van der Waals surface area contributed by atoms with E-state index >= 15 is 0 Å². The lowest BCUT2D eigenvalue weighted by Crippen LogP contribution is -2.20. The number of carbonyl (C=O) groups excluding carboxylic acids is 1. The van der Waals surface area contributed by atoms with Crippen LogP contribution in [0.25, 0.3) is 10.6 Å². The lowest BCUT2D eigenvalue weighted by atomic mass is 10.2. The number of halogens is 2. The van der Waals surface area contributed by atoms with Crippen molar-refractivity contribution in [1.29, 1.82) is 0 Å². The highest BCUT2D eigenvalue weighted by Crippen LogP contribution is 2.23. The molecule has 0 atom stereocenters. The van der Waals surface area contributed by atoms with Crippen molar-refractivity contribution in [3.63, 3.8) is 0 Å². The van der Waals surface area contributed by atoms with Gasteiger partial charge in [-0.1, -0.05) is 15.9 Å². The lowest BCUT2D eigenvalue weighted by molar-refractivity contribution is -0.118. The Morgan fingerprint density at radius 3 is 2.71 bits per heavy atom. The highest BCUT2D eigenvalue weighted by molar-refractivity contribution is 9.10. The molecule has 0 aliphatic heterocycles. The zero-order chi connectivity index (χ0) is 16.9. The fourth-order valence-corrected chi connectivity index (χ4v) is 2.97. The van der Waals surface area contributed by atoms with Gasteiger partial charge < -0.3 is 10.1 Å². The molecule has 1 aromatic heterocycles.